The molecule has 0 aliphatic heterocycles. The van der Waals surface area contributed by atoms with Crippen LogP contribution in [0.25, 0.3) is 22.0 Å². The Balaban J connectivity index is 1.54. The first-order valence-corrected chi connectivity index (χ1v) is 12.2. The van der Waals surface area contributed by atoms with Gasteiger partial charge in [-0.25, -0.2) is 9.18 Å². The van der Waals surface area contributed by atoms with Crippen LogP contribution >= 0.6 is 0 Å². The summed E-state index contributed by atoms with van der Waals surface area (Å²) in [5.74, 6) is -0.978. The van der Waals surface area contributed by atoms with E-state index in [1.54, 1.807) is 60.7 Å². The van der Waals surface area contributed by atoms with Crippen molar-refractivity contribution in [1.29, 1.82) is 0 Å². The Hall–Kier alpha value is -5.05. The number of hydrogen-bond acceptors (Lipinski definition) is 3. The van der Waals surface area contributed by atoms with E-state index in [1.165, 1.54) is 36.5 Å². The molecule has 5 rings (SSSR count). The van der Waals surface area contributed by atoms with Crippen molar-refractivity contribution in [2.24, 2.45) is 0 Å². The summed E-state index contributed by atoms with van der Waals surface area (Å²) in [7, 11) is 0. The molecule has 5 aromatic rings. The van der Waals surface area contributed by atoms with Crippen LogP contribution in [0.3, 0.4) is 0 Å². The number of carbonyl (C=O) groups excluding carboxylic acids is 2. The lowest BCUT2D eigenvalue weighted by molar-refractivity contribution is -0.136. The van der Waals surface area contributed by atoms with Crippen molar-refractivity contribution < 1.29 is 27.2 Å². The molecule has 0 spiro atoms. The summed E-state index contributed by atoms with van der Waals surface area (Å²) in [6, 6.07) is 24.0. The molecular formula is C31H21F4N3O2. The Morgan fingerprint density at radius 3 is 2.30 bits per heavy atom. The number of alkyl halides is 3. The summed E-state index contributed by atoms with van der Waals surface area (Å²) in [6.07, 6.45) is -3.47. The number of nitrogens with zero attached hydrogens (tertiary/aromatic N) is 1. The van der Waals surface area contributed by atoms with Crippen LogP contribution in [-0.4, -0.2) is 16.8 Å². The molecule has 0 radical (unpaired) electrons. The lowest BCUT2D eigenvalue weighted by Gasteiger charge is -2.16. The van der Waals surface area contributed by atoms with Crippen LogP contribution < -0.4 is 10.6 Å². The number of urea groups is 1. The fraction of sp³-hybridized carbons (Fsp3) is 0.0645. The number of amides is 2. The quantitative estimate of drug-likeness (QED) is 0.171. The fourth-order valence-corrected chi connectivity index (χ4v) is 4.43. The molecule has 40 heavy (non-hydrogen) atoms. The zero-order valence-corrected chi connectivity index (χ0v) is 20.8. The van der Waals surface area contributed by atoms with Crippen LogP contribution in [0.1, 0.15) is 27.0 Å². The van der Waals surface area contributed by atoms with E-state index in [-0.39, 0.29) is 28.7 Å². The van der Waals surface area contributed by atoms with Gasteiger partial charge < -0.3 is 10.6 Å². The number of halogens is 4. The lowest BCUT2D eigenvalue weighted by Crippen LogP contribution is -2.28. The number of aromatic nitrogens is 1. The predicted octanol–water partition coefficient (Wildman–Crippen LogP) is 7.61. The first kappa shape index (κ1) is 26.6. The van der Waals surface area contributed by atoms with Gasteiger partial charge in [0, 0.05) is 34.8 Å². The maximum Gasteiger partial charge on any atom is 0.418 e. The molecule has 0 aliphatic carbocycles. The highest BCUT2D eigenvalue weighted by molar-refractivity contribution is 6.16. The Kier molecular flexibility index (Phi) is 7.29. The van der Waals surface area contributed by atoms with Gasteiger partial charge in [-0.15, -0.1) is 0 Å². The summed E-state index contributed by atoms with van der Waals surface area (Å²) >= 11 is 0. The zero-order valence-electron chi connectivity index (χ0n) is 20.8. The van der Waals surface area contributed by atoms with Gasteiger partial charge in [0.15, 0.2) is 5.78 Å². The first-order chi connectivity index (χ1) is 19.2. The Morgan fingerprint density at radius 1 is 0.825 bits per heavy atom. The molecule has 0 aliphatic rings. The number of anilines is 1. The van der Waals surface area contributed by atoms with Gasteiger partial charge in [-0.2, -0.15) is 13.2 Å². The van der Waals surface area contributed by atoms with Crippen LogP contribution in [0.2, 0.25) is 0 Å². The summed E-state index contributed by atoms with van der Waals surface area (Å²) in [5.41, 5.74) is 0.704. The van der Waals surface area contributed by atoms with E-state index in [9.17, 15) is 27.2 Å². The smallest absolute Gasteiger partial charge is 0.334 e. The number of hydrogen-bond donors (Lipinski definition) is 2. The maximum absolute atomic E-state index is 13.9. The van der Waals surface area contributed by atoms with Crippen LogP contribution in [0.5, 0.6) is 0 Å². The highest BCUT2D eigenvalue weighted by atomic mass is 19.4. The minimum absolute atomic E-state index is 0.0153. The van der Waals surface area contributed by atoms with E-state index < -0.39 is 29.4 Å². The number of rotatable bonds is 6. The highest BCUT2D eigenvalue weighted by Gasteiger charge is 2.34. The average Bonchev–Trinajstić information content (AvgIpc) is 2.96. The molecule has 2 N–H and O–H groups in total. The summed E-state index contributed by atoms with van der Waals surface area (Å²) in [4.78, 5) is 29.9. The minimum Gasteiger partial charge on any atom is -0.334 e. The fourth-order valence-electron chi connectivity index (χ4n) is 4.43. The molecule has 9 heteroatoms. The monoisotopic (exact) mass is 543 g/mol. The van der Waals surface area contributed by atoms with Crippen molar-refractivity contribution in [3.63, 3.8) is 0 Å². The van der Waals surface area contributed by atoms with Crippen molar-refractivity contribution in [2.75, 3.05) is 5.32 Å². The van der Waals surface area contributed by atoms with E-state index in [0.29, 0.717) is 22.3 Å². The summed E-state index contributed by atoms with van der Waals surface area (Å²) < 4.78 is 55.3. The van der Waals surface area contributed by atoms with Gasteiger partial charge >= 0.3 is 12.2 Å². The molecule has 1 aromatic heterocycles. The number of fused-ring (bicyclic) bond motifs is 1. The molecule has 0 bridgehead atoms. The second kappa shape index (κ2) is 11.0. The van der Waals surface area contributed by atoms with Gasteiger partial charge in [0.05, 0.1) is 16.8 Å². The van der Waals surface area contributed by atoms with E-state index in [4.69, 9.17) is 0 Å². The van der Waals surface area contributed by atoms with Gasteiger partial charge in [0.1, 0.15) is 5.82 Å². The maximum atomic E-state index is 13.9. The highest BCUT2D eigenvalue weighted by Crippen LogP contribution is 2.39. The van der Waals surface area contributed by atoms with Gasteiger partial charge in [-0.1, -0.05) is 72.8 Å². The van der Waals surface area contributed by atoms with E-state index in [1.807, 2.05) is 0 Å². The lowest BCUT2D eigenvalue weighted by atomic mass is 9.90. The third-order valence-corrected chi connectivity index (χ3v) is 6.27. The number of para-hydroxylation sites is 2. The van der Waals surface area contributed by atoms with Crippen LogP contribution in [0, 0.1) is 5.82 Å². The molecule has 4 aromatic carbocycles. The molecular weight excluding hydrogens is 522 g/mol. The average molecular weight is 544 g/mol. The number of pyridine rings is 1. The van der Waals surface area contributed by atoms with Gasteiger partial charge in [-0.3, -0.25) is 9.78 Å². The molecule has 5 nitrogen and oxygen atoms in total. The third kappa shape index (κ3) is 5.54. The zero-order chi connectivity index (χ0) is 28.3. The van der Waals surface area contributed by atoms with Crippen molar-refractivity contribution in [3.05, 3.63) is 131 Å². The molecule has 0 fully saturated rings. The number of carbonyl (C=O) groups is 2. The Bertz CT molecular complexity index is 1720. The molecule has 2 amide bonds. The number of ketones is 1. The second-order valence-corrected chi connectivity index (χ2v) is 8.93. The summed E-state index contributed by atoms with van der Waals surface area (Å²) in [6.45, 7) is 0.0346. The van der Waals surface area contributed by atoms with Crippen LogP contribution in [-0.2, 0) is 12.7 Å². The molecule has 0 saturated carbocycles. The van der Waals surface area contributed by atoms with Crippen molar-refractivity contribution in [3.8, 4) is 11.1 Å². The molecule has 0 saturated heterocycles. The number of nitrogens with one attached hydrogen (secondary N) is 2. The topological polar surface area (TPSA) is 71.1 Å². The van der Waals surface area contributed by atoms with E-state index >= 15 is 0 Å². The van der Waals surface area contributed by atoms with Crippen LogP contribution in [0.15, 0.2) is 103 Å². The van der Waals surface area contributed by atoms with Crippen LogP contribution in [0.4, 0.5) is 28.0 Å². The largest absolute Gasteiger partial charge is 0.418 e. The Morgan fingerprint density at radius 2 is 1.55 bits per heavy atom. The minimum atomic E-state index is -4.65. The summed E-state index contributed by atoms with van der Waals surface area (Å²) in [5, 5.41) is 5.23. The SMILES string of the molecule is O=C(NCc1cccc(-c2c(C(=O)c3ccccc3)cnc3c(C(F)(F)F)cccc23)c1)Nc1ccccc1F. The van der Waals surface area contributed by atoms with Crippen molar-refractivity contribution in [2.45, 2.75) is 12.7 Å². The second-order valence-electron chi connectivity index (χ2n) is 8.93. The standard InChI is InChI=1S/C31H21F4N3O2/c32-25-14-4-5-15-26(25)38-30(40)37-17-19-8-6-11-21(16-19)27-22-12-7-13-24(31(33,34)35)28(22)36-18-23(27)29(39)20-9-2-1-3-10-20/h1-16,18H,17H2,(H2,37,38,40). The normalized spacial score (nSPS) is 11.3. The van der Waals surface area contributed by atoms with Gasteiger partial charge in [0.2, 0.25) is 0 Å². The Labute approximate surface area is 226 Å². The van der Waals surface area contributed by atoms with E-state index in [2.05, 4.69) is 15.6 Å². The van der Waals surface area contributed by atoms with Gasteiger partial charge in [-0.05, 0) is 35.4 Å². The van der Waals surface area contributed by atoms with E-state index in [0.717, 1.165) is 6.07 Å². The predicted molar refractivity (Wildman–Crippen MR) is 144 cm³/mol. The number of benzene rings is 4. The first-order valence-electron chi connectivity index (χ1n) is 12.2. The van der Waals surface area contributed by atoms with Crippen molar-refractivity contribution in [1.82, 2.24) is 10.3 Å². The van der Waals surface area contributed by atoms with Crippen molar-refractivity contribution >= 4 is 28.4 Å². The molecule has 0 atom stereocenters. The molecule has 200 valence electrons. The molecule has 0 unspecified atom stereocenters. The third-order valence-electron chi connectivity index (χ3n) is 6.27. The van der Waals surface area contributed by atoms with Gasteiger partial charge in [0.25, 0.3) is 0 Å². The molecule has 1 heterocycles.